The average Bonchev–Trinajstić information content (AvgIpc) is 3.25. The third kappa shape index (κ3) is 2.44. The van der Waals surface area contributed by atoms with Gasteiger partial charge >= 0.3 is 11.4 Å². The third-order valence-corrected chi connectivity index (χ3v) is 4.65. The fourth-order valence-electron chi connectivity index (χ4n) is 3.09. The van der Waals surface area contributed by atoms with E-state index in [9.17, 15) is 14.4 Å². The molecular formula is C15H18N6O4. The second-order valence-electron chi connectivity index (χ2n) is 6.40. The van der Waals surface area contributed by atoms with Crippen molar-refractivity contribution >= 4 is 11.2 Å². The number of hydrogen-bond acceptors (Lipinski definition) is 6. The predicted octanol–water partition coefficient (Wildman–Crippen LogP) is -0.449. The van der Waals surface area contributed by atoms with Gasteiger partial charge in [0.25, 0.3) is 5.56 Å². The van der Waals surface area contributed by atoms with Gasteiger partial charge in [-0.3, -0.25) is 23.0 Å². The van der Waals surface area contributed by atoms with E-state index in [0.29, 0.717) is 42.4 Å². The Morgan fingerprint density at radius 3 is 2.64 bits per heavy atom. The second-order valence-corrected chi connectivity index (χ2v) is 6.40. The van der Waals surface area contributed by atoms with Gasteiger partial charge in [-0.25, -0.2) is 14.6 Å². The third-order valence-electron chi connectivity index (χ3n) is 4.65. The summed E-state index contributed by atoms with van der Waals surface area (Å²) >= 11 is 0. The van der Waals surface area contributed by atoms with Crippen LogP contribution in [0.3, 0.4) is 0 Å². The van der Waals surface area contributed by atoms with Crippen LogP contribution in [0.2, 0.25) is 0 Å². The fraction of sp³-hybridized carbons (Fsp3) is 0.533. The lowest BCUT2D eigenvalue weighted by Crippen LogP contribution is -2.37. The maximum atomic E-state index is 12.4. The lowest BCUT2D eigenvalue weighted by molar-refractivity contribution is 0.371. The van der Waals surface area contributed by atoms with Crippen molar-refractivity contribution < 1.29 is 4.52 Å². The minimum absolute atomic E-state index is 0.322. The van der Waals surface area contributed by atoms with Gasteiger partial charge in [0.15, 0.2) is 17.0 Å². The molecule has 10 nitrogen and oxygen atoms in total. The molecule has 0 aliphatic heterocycles. The monoisotopic (exact) mass is 346 g/mol. The molecule has 4 rings (SSSR count). The van der Waals surface area contributed by atoms with E-state index in [1.54, 1.807) is 22.5 Å². The van der Waals surface area contributed by atoms with Crippen LogP contribution in [-0.4, -0.2) is 28.4 Å². The average molecular weight is 346 g/mol. The molecule has 0 N–H and O–H groups in total. The summed E-state index contributed by atoms with van der Waals surface area (Å²) in [5, 5.41) is 3.86. The summed E-state index contributed by atoms with van der Waals surface area (Å²) in [4.78, 5) is 40.3. The van der Waals surface area contributed by atoms with Gasteiger partial charge < -0.3 is 4.57 Å². The molecule has 1 saturated carbocycles. The summed E-state index contributed by atoms with van der Waals surface area (Å²) in [7, 11) is 3.03. The highest BCUT2D eigenvalue weighted by atomic mass is 16.5. The quantitative estimate of drug-likeness (QED) is 0.619. The molecule has 0 aromatic carbocycles. The first kappa shape index (κ1) is 15.6. The molecule has 3 heterocycles. The van der Waals surface area contributed by atoms with Crippen molar-refractivity contribution in [3.63, 3.8) is 0 Å². The lowest BCUT2D eigenvalue weighted by atomic mass is 10.3. The highest BCUT2D eigenvalue weighted by Gasteiger charge is 2.30. The molecular weight excluding hydrogens is 328 g/mol. The molecule has 3 aromatic rings. The minimum Gasteiger partial charge on any atom is -0.325 e. The Bertz CT molecular complexity index is 1120. The standard InChI is InChI=1S/C15H18N6O4/c1-18-12-10(13(22)19(2)14(18)23)20(8-16-12)6-3-7-21-11(9-4-5-9)17-25-15(21)24/h8-9H,3-7H2,1-2H3. The Hall–Kier alpha value is -2.91. The minimum atomic E-state index is -0.448. The van der Waals surface area contributed by atoms with Gasteiger partial charge in [0.1, 0.15) is 0 Å². The molecule has 25 heavy (non-hydrogen) atoms. The summed E-state index contributed by atoms with van der Waals surface area (Å²) in [6.45, 7) is 0.950. The van der Waals surface area contributed by atoms with E-state index < -0.39 is 11.4 Å². The molecule has 1 aliphatic rings. The van der Waals surface area contributed by atoms with Gasteiger partial charge in [0.05, 0.1) is 6.33 Å². The molecule has 0 spiro atoms. The zero-order valence-electron chi connectivity index (χ0n) is 14.0. The van der Waals surface area contributed by atoms with Gasteiger partial charge in [-0.05, 0) is 19.3 Å². The van der Waals surface area contributed by atoms with Crippen LogP contribution in [0.1, 0.15) is 31.0 Å². The van der Waals surface area contributed by atoms with E-state index in [1.165, 1.54) is 11.6 Å². The summed E-state index contributed by atoms with van der Waals surface area (Å²) < 4.78 is 10.5. The van der Waals surface area contributed by atoms with Crippen molar-refractivity contribution in [1.29, 1.82) is 0 Å². The molecule has 0 amide bonds. The van der Waals surface area contributed by atoms with Gasteiger partial charge in [-0.2, -0.15) is 0 Å². The summed E-state index contributed by atoms with van der Waals surface area (Å²) in [6.07, 6.45) is 4.21. The van der Waals surface area contributed by atoms with Crippen LogP contribution in [0, 0.1) is 0 Å². The molecule has 1 aliphatic carbocycles. The Morgan fingerprint density at radius 2 is 1.92 bits per heavy atom. The number of aryl methyl sites for hydroxylation is 2. The number of hydrogen-bond donors (Lipinski definition) is 0. The summed E-state index contributed by atoms with van der Waals surface area (Å²) in [6, 6.07) is 0. The van der Waals surface area contributed by atoms with Crippen molar-refractivity contribution in [2.45, 2.75) is 38.3 Å². The lowest BCUT2D eigenvalue weighted by Gasteiger charge is -2.07. The predicted molar refractivity (Wildman–Crippen MR) is 87.6 cm³/mol. The van der Waals surface area contributed by atoms with Crippen molar-refractivity contribution in [2.24, 2.45) is 14.1 Å². The van der Waals surface area contributed by atoms with Crippen LogP contribution in [0.25, 0.3) is 11.2 Å². The summed E-state index contributed by atoms with van der Waals surface area (Å²) in [5.74, 6) is 0.580. The van der Waals surface area contributed by atoms with Gasteiger partial charge in [-0.15, -0.1) is 0 Å². The molecule has 0 unspecified atom stereocenters. The molecule has 0 saturated heterocycles. The van der Waals surface area contributed by atoms with Crippen molar-refractivity contribution in [2.75, 3.05) is 0 Å². The molecule has 10 heteroatoms. The van der Waals surface area contributed by atoms with Crippen LogP contribution in [0.15, 0.2) is 25.2 Å². The van der Waals surface area contributed by atoms with E-state index in [4.69, 9.17) is 4.52 Å². The Kier molecular flexibility index (Phi) is 3.48. The SMILES string of the molecule is Cn1c(=O)c2c(ncn2CCCn2c(C3CC3)noc2=O)n(C)c1=O. The zero-order valence-corrected chi connectivity index (χ0v) is 14.0. The van der Waals surface area contributed by atoms with Crippen LogP contribution in [0.5, 0.6) is 0 Å². The van der Waals surface area contributed by atoms with E-state index >= 15 is 0 Å². The number of fused-ring (bicyclic) bond motifs is 1. The first-order valence-electron chi connectivity index (χ1n) is 8.16. The van der Waals surface area contributed by atoms with Crippen molar-refractivity contribution in [3.05, 3.63) is 43.5 Å². The van der Waals surface area contributed by atoms with Crippen LogP contribution < -0.4 is 17.0 Å². The highest BCUT2D eigenvalue weighted by Crippen LogP contribution is 2.38. The van der Waals surface area contributed by atoms with Crippen molar-refractivity contribution in [3.8, 4) is 0 Å². The number of aromatic nitrogens is 6. The number of rotatable bonds is 5. The van der Waals surface area contributed by atoms with Crippen LogP contribution in [-0.2, 0) is 27.2 Å². The fourth-order valence-corrected chi connectivity index (χ4v) is 3.09. The van der Waals surface area contributed by atoms with E-state index in [1.807, 2.05) is 0 Å². The largest absolute Gasteiger partial charge is 0.441 e. The van der Waals surface area contributed by atoms with Gasteiger partial charge in [0, 0.05) is 33.1 Å². The Morgan fingerprint density at radius 1 is 1.16 bits per heavy atom. The smallest absolute Gasteiger partial charge is 0.325 e. The summed E-state index contributed by atoms with van der Waals surface area (Å²) in [5.41, 5.74) is -0.0529. The number of imidazole rings is 1. The molecule has 132 valence electrons. The van der Waals surface area contributed by atoms with Crippen LogP contribution in [0.4, 0.5) is 0 Å². The Labute approximate surface area is 140 Å². The molecule has 1 fully saturated rings. The molecule has 0 bridgehead atoms. The van der Waals surface area contributed by atoms with Gasteiger partial charge in [-0.1, -0.05) is 5.16 Å². The van der Waals surface area contributed by atoms with E-state index in [-0.39, 0.29) is 5.56 Å². The van der Waals surface area contributed by atoms with E-state index in [0.717, 1.165) is 17.4 Å². The zero-order chi connectivity index (χ0) is 17.7. The maximum Gasteiger partial charge on any atom is 0.441 e. The molecule has 0 radical (unpaired) electrons. The number of nitrogens with zero attached hydrogens (tertiary/aromatic N) is 6. The molecule has 0 atom stereocenters. The topological polar surface area (TPSA) is 110 Å². The normalized spacial score (nSPS) is 14.5. The van der Waals surface area contributed by atoms with Crippen molar-refractivity contribution in [1.82, 2.24) is 28.4 Å². The maximum absolute atomic E-state index is 12.4. The van der Waals surface area contributed by atoms with Gasteiger partial charge in [0.2, 0.25) is 0 Å². The highest BCUT2D eigenvalue weighted by molar-refractivity contribution is 5.69. The Balaban J connectivity index is 1.60. The first-order valence-corrected chi connectivity index (χ1v) is 8.16. The molecule has 3 aromatic heterocycles. The first-order chi connectivity index (χ1) is 12.0. The van der Waals surface area contributed by atoms with Crippen LogP contribution >= 0.6 is 0 Å². The van der Waals surface area contributed by atoms with E-state index in [2.05, 4.69) is 10.1 Å². The second kappa shape index (κ2) is 5.57.